The molecular weight excluding hydrogens is 491 g/mol. The van der Waals surface area contributed by atoms with E-state index >= 15 is 0 Å². The number of hydroxylamine groups is 3. The van der Waals surface area contributed by atoms with Crippen molar-refractivity contribution in [2.75, 3.05) is 38.7 Å². The summed E-state index contributed by atoms with van der Waals surface area (Å²) in [6, 6.07) is 2.86. The van der Waals surface area contributed by atoms with Crippen LogP contribution < -0.4 is 10.1 Å². The maximum Gasteiger partial charge on any atom is 0.422 e. The molecule has 2 atom stereocenters. The molecule has 9 nitrogen and oxygen atoms in total. The third-order valence-electron chi connectivity index (χ3n) is 7.12. The largest absolute Gasteiger partial charge is 0.632 e. The monoisotopic (exact) mass is 523 g/mol. The highest BCUT2D eigenvalue weighted by Gasteiger charge is 2.37. The Kier molecular flexibility index (Phi) is 8.02. The number of nitrogens with zero attached hydrogens (tertiary/aromatic N) is 4. The van der Waals surface area contributed by atoms with Gasteiger partial charge < -0.3 is 24.6 Å². The molecule has 2 aromatic rings. The second-order valence-corrected chi connectivity index (χ2v) is 9.80. The zero-order chi connectivity index (χ0) is 26.8. The lowest BCUT2D eigenvalue weighted by atomic mass is 10.1. The number of ether oxygens (including phenoxy) is 2. The smallest absolute Gasteiger partial charge is 0.422 e. The van der Waals surface area contributed by atoms with E-state index in [1.54, 1.807) is 39.3 Å². The molecule has 202 valence electrons. The van der Waals surface area contributed by atoms with E-state index in [0.717, 1.165) is 31.5 Å². The summed E-state index contributed by atoms with van der Waals surface area (Å²) in [5, 5.41) is 16.8. The number of anilines is 1. The number of pyridine rings is 2. The molecule has 2 aromatic heterocycles. The fourth-order valence-electron chi connectivity index (χ4n) is 4.91. The predicted octanol–water partition coefficient (Wildman–Crippen LogP) is 3.86. The zero-order valence-electron chi connectivity index (χ0n) is 21.2. The summed E-state index contributed by atoms with van der Waals surface area (Å²) in [6.45, 7) is 4.00. The number of quaternary nitrogens is 1. The normalized spacial score (nSPS) is 21.5. The number of rotatable bonds is 8. The van der Waals surface area contributed by atoms with E-state index < -0.39 is 23.5 Å². The highest BCUT2D eigenvalue weighted by atomic mass is 19.4. The lowest BCUT2D eigenvalue weighted by molar-refractivity contribution is -0.928. The number of alkyl halides is 3. The summed E-state index contributed by atoms with van der Waals surface area (Å²) in [6.07, 6.45) is 0.482. The van der Waals surface area contributed by atoms with Crippen molar-refractivity contribution in [2.24, 2.45) is 0 Å². The third-order valence-corrected chi connectivity index (χ3v) is 7.12. The van der Waals surface area contributed by atoms with Crippen LogP contribution in [0.4, 0.5) is 19.0 Å². The third kappa shape index (κ3) is 6.56. The molecule has 1 fully saturated rings. The summed E-state index contributed by atoms with van der Waals surface area (Å²) in [4.78, 5) is 23.2. The average Bonchev–Trinajstić information content (AvgIpc) is 3.21. The van der Waals surface area contributed by atoms with Crippen LogP contribution in [0.25, 0.3) is 0 Å². The fraction of sp³-hybridized carbons (Fsp3) is 0.560. The first-order valence-corrected chi connectivity index (χ1v) is 12.2. The van der Waals surface area contributed by atoms with Gasteiger partial charge in [0.05, 0.1) is 18.2 Å². The van der Waals surface area contributed by atoms with E-state index in [2.05, 4.69) is 20.2 Å². The zero-order valence-corrected chi connectivity index (χ0v) is 21.2. The van der Waals surface area contributed by atoms with Crippen LogP contribution in [0, 0.1) is 12.1 Å². The molecule has 2 unspecified atom stereocenters. The molecule has 0 spiro atoms. The van der Waals surface area contributed by atoms with Gasteiger partial charge in [0.15, 0.2) is 6.61 Å². The van der Waals surface area contributed by atoms with E-state index in [0.29, 0.717) is 22.5 Å². The van der Waals surface area contributed by atoms with Crippen LogP contribution in [0.5, 0.6) is 5.88 Å². The number of nitrogens with one attached hydrogen (secondary N) is 1. The standard InChI is InChI=1S/C25H32F3N5O4/c1-16-10-19(11-30-24(16)37-15-25(26,27)28)17(2)33(35)13-18-4-7-29-23(21(18)14-33)31-22(34)12-32-8-5-20(36-3)6-9-32/h4,7,10-11,17,20H,5-6,8-9,12-15H2,1-3H3,(H,29,31,34). The van der Waals surface area contributed by atoms with Gasteiger partial charge in [0, 0.05) is 49.3 Å². The first kappa shape index (κ1) is 27.2. The van der Waals surface area contributed by atoms with Crippen molar-refractivity contribution in [3.05, 3.63) is 52.0 Å². The highest BCUT2D eigenvalue weighted by molar-refractivity contribution is 5.92. The Bertz CT molecular complexity index is 1120. The molecule has 0 aliphatic carbocycles. The maximum absolute atomic E-state index is 13.9. The van der Waals surface area contributed by atoms with Gasteiger partial charge in [0.1, 0.15) is 24.9 Å². The predicted molar refractivity (Wildman–Crippen MR) is 129 cm³/mol. The van der Waals surface area contributed by atoms with E-state index in [1.807, 2.05) is 0 Å². The number of likely N-dealkylation sites (tertiary alicyclic amines) is 1. The van der Waals surface area contributed by atoms with Crippen molar-refractivity contribution in [1.29, 1.82) is 0 Å². The van der Waals surface area contributed by atoms with E-state index in [9.17, 15) is 23.2 Å². The molecule has 12 heteroatoms. The number of carbonyl (C=O) groups excluding carboxylic acids is 1. The number of amides is 1. The topological polar surface area (TPSA) is 99.6 Å². The van der Waals surface area contributed by atoms with Crippen molar-refractivity contribution in [1.82, 2.24) is 14.9 Å². The molecule has 1 N–H and O–H groups in total. The number of carbonyl (C=O) groups is 1. The van der Waals surface area contributed by atoms with Gasteiger partial charge in [-0.05, 0) is 38.8 Å². The second kappa shape index (κ2) is 10.9. The molecule has 0 bridgehead atoms. The molecule has 4 rings (SSSR count). The van der Waals surface area contributed by atoms with E-state index in [4.69, 9.17) is 9.47 Å². The van der Waals surface area contributed by atoms with Crippen molar-refractivity contribution in [2.45, 2.75) is 58.1 Å². The number of methoxy groups -OCH3 is 1. The molecule has 0 radical (unpaired) electrons. The lowest BCUT2D eigenvalue weighted by Crippen LogP contribution is -2.41. The Balaban J connectivity index is 1.42. The van der Waals surface area contributed by atoms with Gasteiger partial charge in [-0.2, -0.15) is 13.2 Å². The van der Waals surface area contributed by atoms with Crippen molar-refractivity contribution >= 4 is 11.7 Å². The summed E-state index contributed by atoms with van der Waals surface area (Å²) in [7, 11) is 1.70. The Morgan fingerprint density at radius 3 is 2.68 bits per heavy atom. The number of aromatic nitrogens is 2. The van der Waals surface area contributed by atoms with Crippen LogP contribution in [0.3, 0.4) is 0 Å². The minimum absolute atomic E-state index is 0.102. The average molecular weight is 524 g/mol. The van der Waals surface area contributed by atoms with Crippen LogP contribution in [0.1, 0.15) is 48.1 Å². The maximum atomic E-state index is 13.9. The molecule has 1 saturated heterocycles. The minimum atomic E-state index is -4.46. The number of hydrogen-bond acceptors (Lipinski definition) is 7. The molecule has 0 saturated carbocycles. The Hall–Kier alpha value is -2.80. The Labute approximate surface area is 213 Å². The van der Waals surface area contributed by atoms with E-state index in [1.165, 1.54) is 6.20 Å². The van der Waals surface area contributed by atoms with Gasteiger partial charge in [-0.1, -0.05) is 0 Å². The summed E-state index contributed by atoms with van der Waals surface area (Å²) in [5.74, 6) is 0.0913. The van der Waals surface area contributed by atoms with E-state index in [-0.39, 0.29) is 37.5 Å². The Morgan fingerprint density at radius 1 is 1.30 bits per heavy atom. The number of aryl methyl sites for hydroxylation is 1. The summed E-state index contributed by atoms with van der Waals surface area (Å²) >= 11 is 0. The van der Waals surface area contributed by atoms with Gasteiger partial charge in [-0.25, -0.2) is 9.97 Å². The number of halogens is 3. The SMILES string of the molecule is COC1CCN(CC(=O)Nc2nccc3c2C[N+]([O-])(C(C)c2cnc(OCC(F)(F)F)c(C)c2)C3)CC1. The van der Waals surface area contributed by atoms with Crippen LogP contribution >= 0.6 is 0 Å². The van der Waals surface area contributed by atoms with Gasteiger partial charge >= 0.3 is 6.18 Å². The van der Waals surface area contributed by atoms with Crippen molar-refractivity contribution < 1.29 is 32.1 Å². The first-order chi connectivity index (χ1) is 17.5. The van der Waals surface area contributed by atoms with Crippen molar-refractivity contribution in [3.8, 4) is 5.88 Å². The van der Waals surface area contributed by atoms with Crippen LogP contribution in [-0.4, -0.2) is 71.1 Å². The molecule has 4 heterocycles. The lowest BCUT2D eigenvalue weighted by Gasteiger charge is -2.44. The first-order valence-electron chi connectivity index (χ1n) is 12.2. The number of fused-ring (bicyclic) bond motifs is 1. The van der Waals surface area contributed by atoms with Crippen LogP contribution in [0.15, 0.2) is 24.5 Å². The molecular formula is C25H32F3N5O4. The number of piperidine rings is 1. The molecule has 2 aliphatic rings. The quantitative estimate of drug-likeness (QED) is 0.414. The van der Waals surface area contributed by atoms with Crippen LogP contribution in [-0.2, 0) is 22.6 Å². The van der Waals surface area contributed by atoms with Gasteiger partial charge in [-0.3, -0.25) is 9.69 Å². The summed E-state index contributed by atoms with van der Waals surface area (Å²) in [5.41, 5.74) is 2.52. The fourth-order valence-corrected chi connectivity index (χ4v) is 4.91. The summed E-state index contributed by atoms with van der Waals surface area (Å²) < 4.78 is 47.0. The van der Waals surface area contributed by atoms with Gasteiger partial charge in [0.25, 0.3) is 0 Å². The molecule has 1 amide bonds. The minimum Gasteiger partial charge on any atom is -0.632 e. The highest BCUT2D eigenvalue weighted by Crippen LogP contribution is 2.41. The van der Waals surface area contributed by atoms with Gasteiger partial charge in [-0.15, -0.1) is 0 Å². The molecule has 0 aromatic carbocycles. The van der Waals surface area contributed by atoms with Crippen molar-refractivity contribution in [3.63, 3.8) is 0 Å². The number of hydrogen-bond donors (Lipinski definition) is 1. The molecule has 2 aliphatic heterocycles. The van der Waals surface area contributed by atoms with Gasteiger partial charge in [0.2, 0.25) is 11.8 Å². The molecule has 37 heavy (non-hydrogen) atoms. The van der Waals surface area contributed by atoms with Crippen LogP contribution in [0.2, 0.25) is 0 Å². The second-order valence-electron chi connectivity index (χ2n) is 9.80. The Morgan fingerprint density at radius 2 is 2.03 bits per heavy atom.